The molecule has 1 aliphatic rings. The predicted molar refractivity (Wildman–Crippen MR) is 114 cm³/mol. The number of aromatic nitrogens is 1. The second-order valence-corrected chi connectivity index (χ2v) is 8.25. The van der Waals surface area contributed by atoms with Crippen LogP contribution >= 0.6 is 22.9 Å². The van der Waals surface area contributed by atoms with Gasteiger partial charge in [0.2, 0.25) is 5.91 Å². The monoisotopic (exact) mass is 426 g/mol. The summed E-state index contributed by atoms with van der Waals surface area (Å²) in [6.45, 7) is 1.55. The fourth-order valence-corrected chi connectivity index (χ4v) is 4.33. The zero-order chi connectivity index (χ0) is 20.4. The summed E-state index contributed by atoms with van der Waals surface area (Å²) >= 11 is 7.37. The molecule has 0 spiro atoms. The van der Waals surface area contributed by atoms with Crippen LogP contribution in [-0.4, -0.2) is 16.9 Å². The van der Waals surface area contributed by atoms with Gasteiger partial charge in [0.25, 0.3) is 0 Å². The van der Waals surface area contributed by atoms with Crippen molar-refractivity contribution in [2.24, 2.45) is 0 Å². The Morgan fingerprint density at radius 2 is 1.93 bits per heavy atom. The van der Waals surface area contributed by atoms with E-state index in [-0.39, 0.29) is 18.5 Å². The third kappa shape index (κ3) is 4.04. The SMILES string of the molecule is CC(=O)N(c1cccc(Cl)c1)c1nc(COC(=O)C2(c3ccccc3)CC2)cs1. The molecule has 0 unspecified atom stereocenters. The lowest BCUT2D eigenvalue weighted by molar-refractivity contribution is -0.148. The van der Waals surface area contributed by atoms with Gasteiger partial charge in [-0.25, -0.2) is 4.98 Å². The van der Waals surface area contributed by atoms with Gasteiger partial charge in [0.1, 0.15) is 6.61 Å². The molecule has 148 valence electrons. The number of carbonyl (C=O) groups is 2. The predicted octanol–water partition coefficient (Wildman–Crippen LogP) is 5.26. The number of anilines is 2. The zero-order valence-corrected chi connectivity index (χ0v) is 17.4. The largest absolute Gasteiger partial charge is 0.458 e. The highest BCUT2D eigenvalue weighted by Crippen LogP contribution is 2.49. The molecular weight excluding hydrogens is 408 g/mol. The Hall–Kier alpha value is -2.70. The molecule has 29 heavy (non-hydrogen) atoms. The molecular formula is C22H19ClN2O3S. The van der Waals surface area contributed by atoms with Crippen molar-refractivity contribution in [2.75, 3.05) is 4.90 Å². The molecule has 7 heteroatoms. The van der Waals surface area contributed by atoms with Gasteiger partial charge >= 0.3 is 5.97 Å². The second kappa shape index (κ2) is 7.97. The lowest BCUT2D eigenvalue weighted by atomic mass is 9.96. The van der Waals surface area contributed by atoms with E-state index in [9.17, 15) is 9.59 Å². The lowest BCUT2D eigenvalue weighted by Crippen LogP contribution is -2.23. The summed E-state index contributed by atoms with van der Waals surface area (Å²) in [5, 5.41) is 2.84. The van der Waals surface area contributed by atoms with Crippen LogP contribution in [0.1, 0.15) is 31.0 Å². The molecule has 1 fully saturated rings. The molecule has 3 aromatic rings. The first-order valence-electron chi connectivity index (χ1n) is 9.23. The standard InChI is InChI=1S/C22H19ClN2O3S/c1-15(26)25(19-9-5-8-17(23)12-19)21-24-18(14-29-21)13-28-20(27)22(10-11-22)16-6-3-2-4-7-16/h2-9,12,14H,10-11,13H2,1H3. The van der Waals surface area contributed by atoms with Gasteiger partial charge in [-0.1, -0.05) is 48.0 Å². The van der Waals surface area contributed by atoms with E-state index < -0.39 is 5.41 Å². The van der Waals surface area contributed by atoms with E-state index in [4.69, 9.17) is 16.3 Å². The van der Waals surface area contributed by atoms with Crippen molar-refractivity contribution in [1.82, 2.24) is 4.98 Å². The average molecular weight is 427 g/mol. The maximum absolute atomic E-state index is 12.7. The number of nitrogens with zero attached hydrogens (tertiary/aromatic N) is 2. The minimum atomic E-state index is -0.522. The molecule has 0 atom stereocenters. The number of amides is 1. The fourth-order valence-electron chi connectivity index (χ4n) is 3.28. The summed E-state index contributed by atoms with van der Waals surface area (Å²) < 4.78 is 5.57. The highest BCUT2D eigenvalue weighted by molar-refractivity contribution is 7.14. The topological polar surface area (TPSA) is 59.5 Å². The van der Waals surface area contributed by atoms with Crippen LogP contribution in [0, 0.1) is 0 Å². The lowest BCUT2D eigenvalue weighted by Gasteiger charge is -2.18. The van der Waals surface area contributed by atoms with E-state index in [1.165, 1.54) is 23.2 Å². The summed E-state index contributed by atoms with van der Waals surface area (Å²) in [6, 6.07) is 16.8. The van der Waals surface area contributed by atoms with Crippen molar-refractivity contribution in [3.63, 3.8) is 0 Å². The summed E-state index contributed by atoms with van der Waals surface area (Å²) in [7, 11) is 0. The molecule has 0 bridgehead atoms. The van der Waals surface area contributed by atoms with Crippen LogP contribution in [-0.2, 0) is 26.3 Å². The second-order valence-electron chi connectivity index (χ2n) is 6.98. The highest BCUT2D eigenvalue weighted by Gasteiger charge is 2.52. The summed E-state index contributed by atoms with van der Waals surface area (Å²) in [5.74, 6) is -0.400. The number of halogens is 1. The quantitative estimate of drug-likeness (QED) is 0.504. The van der Waals surface area contributed by atoms with Crippen molar-refractivity contribution in [2.45, 2.75) is 31.8 Å². The number of ether oxygens (including phenoxy) is 1. The van der Waals surface area contributed by atoms with E-state index in [1.54, 1.807) is 29.6 Å². The van der Waals surface area contributed by atoms with Crippen molar-refractivity contribution >= 4 is 45.6 Å². The van der Waals surface area contributed by atoms with Gasteiger partial charge in [-0.15, -0.1) is 11.3 Å². The van der Waals surface area contributed by atoms with E-state index in [0.29, 0.717) is 21.5 Å². The summed E-state index contributed by atoms with van der Waals surface area (Å²) in [4.78, 5) is 30.9. The van der Waals surface area contributed by atoms with Crippen molar-refractivity contribution < 1.29 is 14.3 Å². The van der Waals surface area contributed by atoms with Crippen LogP contribution in [0.25, 0.3) is 0 Å². The van der Waals surface area contributed by atoms with Crippen LogP contribution in [0.3, 0.4) is 0 Å². The van der Waals surface area contributed by atoms with Crippen molar-refractivity contribution in [1.29, 1.82) is 0 Å². The molecule has 0 aliphatic heterocycles. The molecule has 1 saturated carbocycles. The zero-order valence-electron chi connectivity index (χ0n) is 15.8. The van der Waals surface area contributed by atoms with Gasteiger partial charge in [0, 0.05) is 17.3 Å². The molecule has 1 amide bonds. The number of hydrogen-bond acceptors (Lipinski definition) is 5. The number of esters is 1. The normalized spacial score (nSPS) is 14.3. The molecule has 2 aromatic carbocycles. The number of thiazole rings is 1. The van der Waals surface area contributed by atoms with Crippen LogP contribution in [0.2, 0.25) is 5.02 Å². The Morgan fingerprint density at radius 1 is 1.17 bits per heavy atom. The molecule has 1 aromatic heterocycles. The van der Waals surface area contributed by atoms with Gasteiger partial charge in [0.05, 0.1) is 16.8 Å². The molecule has 0 N–H and O–H groups in total. The average Bonchev–Trinajstić information content (AvgIpc) is 3.41. The molecule has 1 heterocycles. The van der Waals surface area contributed by atoms with E-state index in [1.807, 2.05) is 30.3 Å². The Labute approximate surface area is 177 Å². The Bertz CT molecular complexity index is 1050. The first kappa shape index (κ1) is 19.6. The van der Waals surface area contributed by atoms with Crippen LogP contribution in [0.5, 0.6) is 0 Å². The van der Waals surface area contributed by atoms with Crippen LogP contribution in [0.15, 0.2) is 60.0 Å². The van der Waals surface area contributed by atoms with E-state index in [0.717, 1.165) is 18.4 Å². The molecule has 4 rings (SSSR count). The molecule has 0 saturated heterocycles. The van der Waals surface area contributed by atoms with E-state index in [2.05, 4.69) is 4.98 Å². The number of carbonyl (C=O) groups excluding carboxylic acids is 2. The van der Waals surface area contributed by atoms with Gasteiger partial charge in [-0.3, -0.25) is 14.5 Å². The first-order chi connectivity index (χ1) is 14.0. The van der Waals surface area contributed by atoms with Gasteiger partial charge in [-0.05, 0) is 36.6 Å². The highest BCUT2D eigenvalue weighted by atomic mass is 35.5. The number of hydrogen-bond donors (Lipinski definition) is 0. The van der Waals surface area contributed by atoms with Crippen molar-refractivity contribution in [3.05, 3.63) is 76.3 Å². The van der Waals surface area contributed by atoms with Crippen LogP contribution < -0.4 is 4.90 Å². The third-order valence-electron chi connectivity index (χ3n) is 4.93. The summed E-state index contributed by atoms with van der Waals surface area (Å²) in [5.41, 5.74) is 1.72. The van der Waals surface area contributed by atoms with Crippen molar-refractivity contribution in [3.8, 4) is 0 Å². The van der Waals surface area contributed by atoms with E-state index >= 15 is 0 Å². The molecule has 5 nitrogen and oxygen atoms in total. The van der Waals surface area contributed by atoms with Gasteiger partial charge < -0.3 is 4.74 Å². The maximum atomic E-state index is 12.7. The molecule has 1 aliphatic carbocycles. The Kier molecular flexibility index (Phi) is 5.39. The number of rotatable bonds is 6. The van der Waals surface area contributed by atoms with Gasteiger partial charge in [0.15, 0.2) is 5.13 Å². The van der Waals surface area contributed by atoms with Crippen LogP contribution in [0.4, 0.5) is 10.8 Å². The number of benzene rings is 2. The minimum Gasteiger partial charge on any atom is -0.458 e. The molecule has 0 radical (unpaired) electrons. The smallest absolute Gasteiger partial charge is 0.316 e. The first-order valence-corrected chi connectivity index (χ1v) is 10.5. The maximum Gasteiger partial charge on any atom is 0.316 e. The minimum absolute atomic E-state index is 0.0746. The Morgan fingerprint density at radius 3 is 2.59 bits per heavy atom. The fraction of sp³-hybridized carbons (Fsp3) is 0.227. The third-order valence-corrected chi connectivity index (χ3v) is 6.04. The van der Waals surface area contributed by atoms with Gasteiger partial charge in [-0.2, -0.15) is 0 Å². The summed E-state index contributed by atoms with van der Waals surface area (Å²) in [6.07, 6.45) is 1.59. The Balaban J connectivity index is 1.47.